The molecule has 1 aliphatic heterocycles. The first kappa shape index (κ1) is 24.6. The zero-order chi connectivity index (χ0) is 27.0. The summed E-state index contributed by atoms with van der Waals surface area (Å²) in [5.74, 6) is -2.21. The zero-order valence-corrected chi connectivity index (χ0v) is 19.8. The van der Waals surface area contributed by atoms with Gasteiger partial charge >= 0.3 is 0 Å². The van der Waals surface area contributed by atoms with E-state index in [1.165, 1.54) is 29.1 Å². The number of carbonyl (C=O) groups excluding carboxylic acids is 3. The second-order valence-corrected chi connectivity index (χ2v) is 8.80. The van der Waals surface area contributed by atoms with Crippen molar-refractivity contribution in [2.24, 2.45) is 5.73 Å². The van der Waals surface area contributed by atoms with E-state index in [9.17, 15) is 23.6 Å². The number of fused-ring (bicyclic) bond motifs is 1. The SMILES string of the molecule is N=C(C(=O)C1CC(F)CN1C(=O)Cn1nc(C(N)=O)c2cc(-c3ccnnc3)ccc21)c1cccc(=O)[nH]1. The maximum atomic E-state index is 14.4. The highest BCUT2D eigenvalue weighted by Crippen LogP contribution is 2.27. The Balaban J connectivity index is 1.43. The molecule has 1 fully saturated rings. The number of hydrogen-bond donors (Lipinski definition) is 3. The van der Waals surface area contributed by atoms with Crippen molar-refractivity contribution in [2.45, 2.75) is 25.2 Å². The highest BCUT2D eigenvalue weighted by Gasteiger charge is 2.41. The van der Waals surface area contributed by atoms with Crippen LogP contribution in [0.2, 0.25) is 0 Å². The molecule has 192 valence electrons. The molecule has 3 aromatic heterocycles. The molecule has 5 rings (SSSR count). The van der Waals surface area contributed by atoms with Crippen LogP contribution in [0.4, 0.5) is 4.39 Å². The van der Waals surface area contributed by atoms with Gasteiger partial charge in [0.25, 0.3) is 5.91 Å². The molecule has 0 aliphatic carbocycles. The number of amides is 2. The largest absolute Gasteiger partial charge is 0.364 e. The third kappa shape index (κ3) is 4.56. The molecule has 4 aromatic rings. The summed E-state index contributed by atoms with van der Waals surface area (Å²) >= 11 is 0. The fourth-order valence-corrected chi connectivity index (χ4v) is 4.54. The van der Waals surface area contributed by atoms with Crippen LogP contribution in [0.3, 0.4) is 0 Å². The molecule has 0 radical (unpaired) electrons. The number of nitrogens with zero attached hydrogens (tertiary/aromatic N) is 5. The standard InChI is InChI=1S/C25H21FN8O4/c26-15-9-19(24(37)22(27)17-2-1-3-20(35)31-17)33(11-15)21(36)12-34-18-5-4-13(14-6-7-29-30-10-14)8-16(18)23(32-34)25(28)38/h1-8,10,15,19,27H,9,11-12H2,(H2,28,38)(H,31,35). The van der Waals surface area contributed by atoms with E-state index in [2.05, 4.69) is 20.3 Å². The molecule has 13 heteroatoms. The third-order valence-corrected chi connectivity index (χ3v) is 6.34. The summed E-state index contributed by atoms with van der Waals surface area (Å²) in [6.07, 6.45) is 1.33. The number of nitrogens with two attached hydrogens (primary N) is 1. The zero-order valence-electron chi connectivity index (χ0n) is 19.8. The highest BCUT2D eigenvalue weighted by molar-refractivity contribution is 6.46. The topological polar surface area (TPSA) is 181 Å². The third-order valence-electron chi connectivity index (χ3n) is 6.34. The lowest BCUT2D eigenvalue weighted by molar-refractivity contribution is -0.136. The van der Waals surface area contributed by atoms with Crippen molar-refractivity contribution in [3.05, 3.63) is 76.6 Å². The van der Waals surface area contributed by atoms with Crippen LogP contribution in [-0.4, -0.2) is 71.9 Å². The molecule has 12 nitrogen and oxygen atoms in total. The van der Waals surface area contributed by atoms with Crippen molar-refractivity contribution in [1.82, 2.24) is 29.9 Å². The van der Waals surface area contributed by atoms with Crippen LogP contribution in [0.5, 0.6) is 0 Å². The number of H-pyrrole nitrogens is 1. The molecule has 0 spiro atoms. The summed E-state index contributed by atoms with van der Waals surface area (Å²) in [5.41, 5.74) is 6.34. The monoisotopic (exact) mass is 516 g/mol. The predicted octanol–water partition coefficient (Wildman–Crippen LogP) is 0.857. The molecule has 1 saturated heterocycles. The minimum absolute atomic E-state index is 0.0263. The van der Waals surface area contributed by atoms with Gasteiger partial charge in [-0.15, -0.1) is 0 Å². The predicted molar refractivity (Wildman–Crippen MR) is 133 cm³/mol. The number of benzene rings is 1. The summed E-state index contributed by atoms with van der Waals surface area (Å²) in [5, 5.41) is 20.4. The molecule has 2 atom stereocenters. The van der Waals surface area contributed by atoms with Crippen molar-refractivity contribution < 1.29 is 18.8 Å². The fourth-order valence-electron chi connectivity index (χ4n) is 4.54. The Labute approximate surface area is 213 Å². The number of ketones is 1. The number of likely N-dealkylation sites (tertiary alicyclic amines) is 1. The number of alkyl halides is 1. The van der Waals surface area contributed by atoms with E-state index in [4.69, 9.17) is 11.1 Å². The van der Waals surface area contributed by atoms with Crippen molar-refractivity contribution in [1.29, 1.82) is 5.41 Å². The van der Waals surface area contributed by atoms with Crippen molar-refractivity contribution in [2.75, 3.05) is 6.54 Å². The maximum absolute atomic E-state index is 14.4. The summed E-state index contributed by atoms with van der Waals surface area (Å²) in [4.78, 5) is 53.5. The van der Waals surface area contributed by atoms with E-state index < -0.39 is 47.6 Å². The molecule has 4 N–H and O–H groups in total. The number of aromatic amines is 1. The van der Waals surface area contributed by atoms with Gasteiger partial charge < -0.3 is 15.6 Å². The number of nitrogens with one attached hydrogen (secondary N) is 2. The number of primary amides is 1. The van der Waals surface area contributed by atoms with Gasteiger partial charge in [0.1, 0.15) is 18.4 Å². The number of halogens is 1. The van der Waals surface area contributed by atoms with Gasteiger partial charge in [0.05, 0.1) is 36.2 Å². The first-order valence-corrected chi connectivity index (χ1v) is 11.6. The summed E-state index contributed by atoms with van der Waals surface area (Å²) in [6.45, 7) is -0.735. The second kappa shape index (κ2) is 9.76. The molecule has 1 aromatic carbocycles. The highest BCUT2D eigenvalue weighted by atomic mass is 19.1. The lowest BCUT2D eigenvalue weighted by Crippen LogP contribution is -2.45. The summed E-state index contributed by atoms with van der Waals surface area (Å²) in [7, 11) is 0. The molecule has 38 heavy (non-hydrogen) atoms. The van der Waals surface area contributed by atoms with Crippen molar-refractivity contribution in [3.8, 4) is 11.1 Å². The first-order chi connectivity index (χ1) is 18.2. The van der Waals surface area contributed by atoms with Gasteiger partial charge in [-0.1, -0.05) is 12.1 Å². The van der Waals surface area contributed by atoms with E-state index in [1.807, 2.05) is 0 Å². The van der Waals surface area contributed by atoms with E-state index in [1.54, 1.807) is 30.5 Å². The minimum Gasteiger partial charge on any atom is -0.364 e. The Morgan fingerprint density at radius 1 is 1.13 bits per heavy atom. The van der Waals surface area contributed by atoms with Crippen LogP contribution in [0.15, 0.2) is 59.7 Å². The Hall–Kier alpha value is -5.07. The van der Waals surface area contributed by atoms with E-state index in [0.717, 1.165) is 16.0 Å². The molecule has 1 aliphatic rings. The average molecular weight is 516 g/mol. The lowest BCUT2D eigenvalue weighted by Gasteiger charge is -2.23. The van der Waals surface area contributed by atoms with Crippen molar-refractivity contribution >= 4 is 34.2 Å². The van der Waals surface area contributed by atoms with Crippen LogP contribution in [0, 0.1) is 5.41 Å². The molecular weight excluding hydrogens is 495 g/mol. The van der Waals surface area contributed by atoms with Crippen LogP contribution in [0.1, 0.15) is 22.6 Å². The second-order valence-electron chi connectivity index (χ2n) is 8.80. The number of carbonyl (C=O) groups is 3. The molecule has 0 bridgehead atoms. The Morgan fingerprint density at radius 2 is 1.95 bits per heavy atom. The fraction of sp³-hybridized carbons (Fsp3) is 0.200. The van der Waals surface area contributed by atoms with Gasteiger partial charge in [0.2, 0.25) is 17.2 Å². The quantitative estimate of drug-likeness (QED) is 0.304. The number of rotatable bonds is 7. The van der Waals surface area contributed by atoms with Gasteiger partial charge in [-0.25, -0.2) is 4.39 Å². The Kier molecular flexibility index (Phi) is 6.33. The Morgan fingerprint density at radius 3 is 2.66 bits per heavy atom. The van der Waals surface area contributed by atoms with Gasteiger partial charge in [-0.3, -0.25) is 29.3 Å². The van der Waals surface area contributed by atoms with Crippen LogP contribution < -0.4 is 11.3 Å². The van der Waals surface area contributed by atoms with Crippen molar-refractivity contribution in [3.63, 3.8) is 0 Å². The normalized spacial score (nSPS) is 17.0. The minimum atomic E-state index is -1.47. The van der Waals surface area contributed by atoms with Crippen LogP contribution in [-0.2, 0) is 16.1 Å². The van der Waals surface area contributed by atoms with Gasteiger partial charge in [-0.05, 0) is 29.8 Å². The van der Waals surface area contributed by atoms with E-state index in [-0.39, 0.29) is 24.4 Å². The number of aromatic nitrogens is 5. The van der Waals surface area contributed by atoms with E-state index in [0.29, 0.717) is 10.9 Å². The molecule has 2 amide bonds. The number of hydrogen-bond acceptors (Lipinski definition) is 8. The lowest BCUT2D eigenvalue weighted by atomic mass is 10.0. The number of Topliss-reactive ketones (excluding diaryl/α,β-unsaturated/α-hetero) is 1. The molecular formula is C25H21FN8O4. The molecule has 2 unspecified atom stereocenters. The van der Waals surface area contributed by atoms with Gasteiger partial charge in [0, 0.05) is 23.4 Å². The smallest absolute Gasteiger partial charge is 0.269 e. The van der Waals surface area contributed by atoms with E-state index >= 15 is 0 Å². The number of pyridine rings is 1. The van der Waals surface area contributed by atoms with Crippen LogP contribution in [0.25, 0.3) is 22.0 Å². The van der Waals surface area contributed by atoms with Gasteiger partial charge in [-0.2, -0.15) is 15.3 Å². The average Bonchev–Trinajstić information content (AvgIpc) is 3.48. The summed E-state index contributed by atoms with van der Waals surface area (Å²) < 4.78 is 15.7. The van der Waals surface area contributed by atoms with Crippen LogP contribution >= 0.6 is 0 Å². The summed E-state index contributed by atoms with van der Waals surface area (Å²) in [6, 6.07) is 9.65. The molecule has 4 heterocycles. The first-order valence-electron chi connectivity index (χ1n) is 11.6. The maximum Gasteiger partial charge on any atom is 0.269 e. The Bertz CT molecular complexity index is 1650. The van der Waals surface area contributed by atoms with Gasteiger partial charge in [0.15, 0.2) is 5.69 Å². The molecule has 0 saturated carbocycles.